The number of piperidine rings is 1. The zero-order chi connectivity index (χ0) is 16.5. The van der Waals surface area contributed by atoms with E-state index in [0.29, 0.717) is 5.91 Å². The third kappa shape index (κ3) is 2.96. The molecular weight excluding hydrogens is 304 g/mol. The molecule has 2 fully saturated rings. The minimum absolute atomic E-state index is 0.177. The summed E-state index contributed by atoms with van der Waals surface area (Å²) in [6, 6.07) is 3.99. The molecule has 0 spiro atoms. The molecule has 4 heterocycles. The van der Waals surface area contributed by atoms with Crippen molar-refractivity contribution in [1.82, 2.24) is 24.4 Å². The highest BCUT2D eigenvalue weighted by Gasteiger charge is 2.30. The molecular formula is C17H24N6O. The number of hydrogen-bond donors (Lipinski definition) is 0. The van der Waals surface area contributed by atoms with Gasteiger partial charge in [-0.1, -0.05) is 0 Å². The molecule has 1 amide bonds. The van der Waals surface area contributed by atoms with Gasteiger partial charge in [0.25, 0.3) is 0 Å². The Labute approximate surface area is 141 Å². The van der Waals surface area contributed by atoms with Gasteiger partial charge in [-0.05, 0) is 38.6 Å². The predicted octanol–water partition coefficient (Wildman–Crippen LogP) is 0.720. The second-order valence-corrected chi connectivity index (χ2v) is 6.84. The van der Waals surface area contributed by atoms with Gasteiger partial charge in [-0.2, -0.15) is 0 Å². The maximum absolute atomic E-state index is 12.7. The normalized spacial score (nSPS) is 23.0. The Morgan fingerprint density at radius 2 is 2.00 bits per heavy atom. The number of likely N-dealkylation sites (tertiary alicyclic amines) is 1. The average molecular weight is 328 g/mol. The van der Waals surface area contributed by atoms with Crippen LogP contribution in [0.1, 0.15) is 12.8 Å². The standard InChI is InChI=1S/C17H24N6O/c1-20-7-2-3-14(13-20)17(24)22-11-9-21(10-12-22)16-5-4-15-18-6-8-23(15)19-16/h4-6,8,14H,2-3,7,9-13H2,1H3. The number of carbonyl (C=O) groups excluding carboxylic acids is 1. The molecule has 0 aromatic carbocycles. The van der Waals surface area contributed by atoms with E-state index in [2.05, 4.69) is 26.9 Å². The highest BCUT2D eigenvalue weighted by Crippen LogP contribution is 2.20. The van der Waals surface area contributed by atoms with Gasteiger partial charge in [-0.25, -0.2) is 9.50 Å². The van der Waals surface area contributed by atoms with E-state index in [9.17, 15) is 4.79 Å². The Morgan fingerprint density at radius 1 is 1.17 bits per heavy atom. The summed E-state index contributed by atoms with van der Waals surface area (Å²) in [5.74, 6) is 1.46. The molecule has 24 heavy (non-hydrogen) atoms. The lowest BCUT2D eigenvalue weighted by molar-refractivity contribution is -0.137. The van der Waals surface area contributed by atoms with Crippen molar-refractivity contribution in [3.8, 4) is 0 Å². The number of hydrogen-bond acceptors (Lipinski definition) is 5. The Hall–Kier alpha value is -2.15. The van der Waals surface area contributed by atoms with Crippen LogP contribution in [0.4, 0.5) is 5.82 Å². The van der Waals surface area contributed by atoms with E-state index in [1.165, 1.54) is 0 Å². The summed E-state index contributed by atoms with van der Waals surface area (Å²) in [6.07, 6.45) is 5.77. The molecule has 2 saturated heterocycles. The van der Waals surface area contributed by atoms with Crippen molar-refractivity contribution >= 4 is 17.4 Å². The van der Waals surface area contributed by atoms with Crippen LogP contribution in [0.15, 0.2) is 24.5 Å². The molecule has 2 aliphatic heterocycles. The molecule has 2 aliphatic rings. The number of aromatic nitrogens is 3. The molecule has 0 bridgehead atoms. The van der Waals surface area contributed by atoms with Gasteiger partial charge in [0.15, 0.2) is 5.65 Å². The molecule has 2 aromatic heterocycles. The Kier molecular flexibility index (Phi) is 4.10. The van der Waals surface area contributed by atoms with E-state index in [1.807, 2.05) is 23.2 Å². The largest absolute Gasteiger partial charge is 0.352 e. The first-order chi connectivity index (χ1) is 11.7. The molecule has 7 nitrogen and oxygen atoms in total. The van der Waals surface area contributed by atoms with E-state index >= 15 is 0 Å². The molecule has 128 valence electrons. The number of imidazole rings is 1. The van der Waals surface area contributed by atoms with E-state index < -0.39 is 0 Å². The summed E-state index contributed by atoms with van der Waals surface area (Å²) in [5, 5.41) is 4.60. The Morgan fingerprint density at radius 3 is 2.79 bits per heavy atom. The van der Waals surface area contributed by atoms with E-state index in [4.69, 9.17) is 0 Å². The van der Waals surface area contributed by atoms with Gasteiger partial charge in [0, 0.05) is 45.1 Å². The second kappa shape index (κ2) is 6.39. The number of amides is 1. The molecule has 1 unspecified atom stereocenters. The van der Waals surface area contributed by atoms with E-state index in [1.54, 1.807) is 10.7 Å². The molecule has 0 saturated carbocycles. The van der Waals surface area contributed by atoms with Crippen molar-refractivity contribution in [2.24, 2.45) is 5.92 Å². The number of piperazine rings is 1. The van der Waals surface area contributed by atoms with Crippen LogP contribution in [0, 0.1) is 5.92 Å². The monoisotopic (exact) mass is 328 g/mol. The van der Waals surface area contributed by atoms with Gasteiger partial charge in [0.05, 0.1) is 5.92 Å². The van der Waals surface area contributed by atoms with Crippen molar-refractivity contribution in [2.75, 3.05) is 51.2 Å². The van der Waals surface area contributed by atoms with Crippen LogP contribution in [0.3, 0.4) is 0 Å². The first kappa shape index (κ1) is 15.4. The molecule has 0 radical (unpaired) electrons. The van der Waals surface area contributed by atoms with Gasteiger partial charge < -0.3 is 14.7 Å². The van der Waals surface area contributed by atoms with Crippen LogP contribution in [-0.4, -0.2) is 76.6 Å². The van der Waals surface area contributed by atoms with Crippen LogP contribution in [-0.2, 0) is 4.79 Å². The summed E-state index contributed by atoms with van der Waals surface area (Å²) in [4.78, 5) is 23.5. The smallest absolute Gasteiger partial charge is 0.227 e. The van der Waals surface area contributed by atoms with Crippen molar-refractivity contribution in [3.05, 3.63) is 24.5 Å². The zero-order valence-electron chi connectivity index (χ0n) is 14.1. The quantitative estimate of drug-likeness (QED) is 0.813. The summed E-state index contributed by atoms with van der Waals surface area (Å²) in [5.41, 5.74) is 0.856. The predicted molar refractivity (Wildman–Crippen MR) is 92.0 cm³/mol. The van der Waals surface area contributed by atoms with Crippen LogP contribution < -0.4 is 4.90 Å². The summed E-state index contributed by atoms with van der Waals surface area (Å²) < 4.78 is 1.80. The maximum atomic E-state index is 12.7. The summed E-state index contributed by atoms with van der Waals surface area (Å²) in [6.45, 7) is 5.24. The van der Waals surface area contributed by atoms with Crippen molar-refractivity contribution in [3.63, 3.8) is 0 Å². The first-order valence-corrected chi connectivity index (χ1v) is 8.73. The summed E-state index contributed by atoms with van der Waals surface area (Å²) in [7, 11) is 2.11. The Balaban J connectivity index is 1.38. The van der Waals surface area contributed by atoms with Crippen LogP contribution >= 0.6 is 0 Å². The molecule has 7 heteroatoms. The molecule has 1 atom stereocenters. The SMILES string of the molecule is CN1CCCC(C(=O)N2CCN(c3ccc4nccn4n3)CC2)C1. The fraction of sp³-hybridized carbons (Fsp3) is 0.588. The van der Waals surface area contributed by atoms with E-state index in [0.717, 1.165) is 63.6 Å². The number of fused-ring (bicyclic) bond motifs is 1. The summed E-state index contributed by atoms with van der Waals surface area (Å²) >= 11 is 0. The number of carbonyl (C=O) groups is 1. The van der Waals surface area contributed by atoms with Crippen LogP contribution in [0.25, 0.3) is 5.65 Å². The van der Waals surface area contributed by atoms with Crippen LogP contribution in [0.2, 0.25) is 0 Å². The first-order valence-electron chi connectivity index (χ1n) is 8.73. The number of anilines is 1. The number of nitrogens with zero attached hydrogens (tertiary/aromatic N) is 6. The molecule has 0 aliphatic carbocycles. The van der Waals surface area contributed by atoms with Gasteiger partial charge in [0.2, 0.25) is 5.91 Å². The molecule has 2 aromatic rings. The van der Waals surface area contributed by atoms with Crippen molar-refractivity contribution in [1.29, 1.82) is 0 Å². The van der Waals surface area contributed by atoms with Crippen molar-refractivity contribution in [2.45, 2.75) is 12.8 Å². The number of rotatable bonds is 2. The third-order valence-corrected chi connectivity index (χ3v) is 5.13. The topological polar surface area (TPSA) is 57.0 Å². The fourth-order valence-electron chi connectivity index (χ4n) is 3.76. The lowest BCUT2D eigenvalue weighted by Gasteiger charge is -2.38. The highest BCUT2D eigenvalue weighted by molar-refractivity contribution is 5.79. The highest BCUT2D eigenvalue weighted by atomic mass is 16.2. The average Bonchev–Trinajstić information content (AvgIpc) is 3.09. The lowest BCUT2D eigenvalue weighted by Crippen LogP contribution is -2.52. The third-order valence-electron chi connectivity index (χ3n) is 5.13. The molecule has 0 N–H and O–H groups in total. The van der Waals surface area contributed by atoms with Gasteiger partial charge >= 0.3 is 0 Å². The maximum Gasteiger partial charge on any atom is 0.227 e. The zero-order valence-corrected chi connectivity index (χ0v) is 14.1. The van der Waals surface area contributed by atoms with E-state index in [-0.39, 0.29) is 5.92 Å². The minimum atomic E-state index is 0.177. The van der Waals surface area contributed by atoms with Gasteiger partial charge in [-0.3, -0.25) is 4.79 Å². The second-order valence-electron chi connectivity index (χ2n) is 6.84. The van der Waals surface area contributed by atoms with Crippen molar-refractivity contribution < 1.29 is 4.79 Å². The minimum Gasteiger partial charge on any atom is -0.352 e. The van der Waals surface area contributed by atoms with Gasteiger partial charge in [-0.15, -0.1) is 5.10 Å². The molecule has 4 rings (SSSR count). The fourth-order valence-corrected chi connectivity index (χ4v) is 3.76. The van der Waals surface area contributed by atoms with Crippen LogP contribution in [0.5, 0.6) is 0 Å². The van der Waals surface area contributed by atoms with Gasteiger partial charge in [0.1, 0.15) is 5.82 Å². The Bertz CT molecular complexity index is 721. The lowest BCUT2D eigenvalue weighted by atomic mass is 9.96.